The lowest BCUT2D eigenvalue weighted by atomic mass is 10.2. The van der Waals surface area contributed by atoms with E-state index in [2.05, 4.69) is 25.3 Å². The van der Waals surface area contributed by atoms with E-state index in [1.165, 1.54) is 0 Å². The highest BCUT2D eigenvalue weighted by Gasteiger charge is 2.20. The van der Waals surface area contributed by atoms with Crippen LogP contribution in [-0.2, 0) is 15.6 Å². The zero-order valence-corrected chi connectivity index (χ0v) is 12.3. The predicted molar refractivity (Wildman–Crippen MR) is 70.0 cm³/mol. The molecule has 1 aromatic carbocycles. The van der Waals surface area contributed by atoms with Crippen LogP contribution in [0.4, 0.5) is 0 Å². The summed E-state index contributed by atoms with van der Waals surface area (Å²) in [6.07, 6.45) is 0. The molecule has 0 aliphatic carbocycles. The summed E-state index contributed by atoms with van der Waals surface area (Å²) in [5.41, 5.74) is 0.694. The van der Waals surface area contributed by atoms with E-state index in [0.717, 1.165) is 16.0 Å². The third-order valence-corrected chi connectivity index (χ3v) is 5.55. The maximum atomic E-state index is 11.9. The molecular formula is C9H6BrClN2O2S2. The van der Waals surface area contributed by atoms with E-state index in [0.29, 0.717) is 5.56 Å². The molecule has 0 N–H and O–H groups in total. The molecule has 0 radical (unpaired) electrons. The average molecular weight is 354 g/mol. The monoisotopic (exact) mass is 352 g/mol. The zero-order chi connectivity index (χ0) is 12.5. The Hall–Kier alpha value is -0.500. The SMILES string of the molecule is O=S(=O)(Cc1ccc(Br)cc1)c1nc(Cl)ns1. The van der Waals surface area contributed by atoms with Crippen molar-refractivity contribution in [1.29, 1.82) is 0 Å². The van der Waals surface area contributed by atoms with Gasteiger partial charge in [0.25, 0.3) is 0 Å². The lowest BCUT2D eigenvalue weighted by molar-refractivity contribution is 0.594. The summed E-state index contributed by atoms with van der Waals surface area (Å²) in [4.78, 5) is 3.67. The van der Waals surface area contributed by atoms with E-state index in [-0.39, 0.29) is 15.4 Å². The Bertz CT molecular complexity index is 625. The molecule has 17 heavy (non-hydrogen) atoms. The van der Waals surface area contributed by atoms with Crippen LogP contribution in [0, 0.1) is 0 Å². The van der Waals surface area contributed by atoms with Gasteiger partial charge >= 0.3 is 0 Å². The first-order chi connectivity index (χ1) is 7.97. The summed E-state index contributed by atoms with van der Waals surface area (Å²) in [5.74, 6) is -0.105. The molecular weight excluding hydrogens is 348 g/mol. The lowest BCUT2D eigenvalue weighted by Gasteiger charge is -2.00. The molecule has 0 spiro atoms. The summed E-state index contributed by atoms with van der Waals surface area (Å²) in [5, 5.41) is -0.0376. The number of aromatic nitrogens is 2. The van der Waals surface area contributed by atoms with Crippen molar-refractivity contribution < 1.29 is 8.42 Å². The Morgan fingerprint density at radius 1 is 1.29 bits per heavy atom. The minimum absolute atomic E-state index is 0.0376. The summed E-state index contributed by atoms with van der Waals surface area (Å²) < 4.78 is 28.4. The van der Waals surface area contributed by atoms with Crippen molar-refractivity contribution in [1.82, 2.24) is 9.36 Å². The van der Waals surface area contributed by atoms with Gasteiger partial charge in [-0.2, -0.15) is 9.36 Å². The molecule has 0 aliphatic rings. The molecule has 2 aromatic rings. The summed E-state index contributed by atoms with van der Waals surface area (Å²) in [6, 6.07) is 7.06. The van der Waals surface area contributed by atoms with Crippen LogP contribution in [0.1, 0.15) is 5.56 Å². The number of halogens is 2. The van der Waals surface area contributed by atoms with Crippen LogP contribution < -0.4 is 0 Å². The van der Waals surface area contributed by atoms with Crippen LogP contribution in [0.2, 0.25) is 5.28 Å². The second-order valence-electron chi connectivity index (χ2n) is 3.21. The molecule has 0 fully saturated rings. The normalized spacial score (nSPS) is 11.6. The molecule has 2 rings (SSSR count). The molecule has 1 aromatic heterocycles. The average Bonchev–Trinajstić information content (AvgIpc) is 2.69. The van der Waals surface area contributed by atoms with E-state index < -0.39 is 9.84 Å². The van der Waals surface area contributed by atoms with Crippen molar-refractivity contribution in [2.75, 3.05) is 0 Å². The van der Waals surface area contributed by atoms with Gasteiger partial charge in [-0.3, -0.25) is 0 Å². The summed E-state index contributed by atoms with van der Waals surface area (Å²) in [6.45, 7) is 0. The fourth-order valence-electron chi connectivity index (χ4n) is 1.18. The molecule has 0 bridgehead atoms. The molecule has 0 atom stereocenters. The standard InChI is InChI=1S/C9H6BrClN2O2S2/c10-7-3-1-6(2-4-7)5-17(14,15)9-12-8(11)13-16-9/h1-4H,5H2. The van der Waals surface area contributed by atoms with Crippen LogP contribution in [-0.4, -0.2) is 17.8 Å². The minimum Gasteiger partial charge on any atom is -0.221 e. The quantitative estimate of drug-likeness (QED) is 0.851. The first kappa shape index (κ1) is 12.9. The molecule has 1 heterocycles. The van der Waals surface area contributed by atoms with Gasteiger partial charge in [0.15, 0.2) is 0 Å². The number of benzene rings is 1. The van der Waals surface area contributed by atoms with Gasteiger partial charge in [-0.25, -0.2) is 8.42 Å². The third kappa shape index (κ3) is 3.25. The smallest absolute Gasteiger partial charge is 0.221 e. The Labute approximate surface area is 116 Å². The molecule has 0 amide bonds. The summed E-state index contributed by atoms with van der Waals surface area (Å²) >= 11 is 9.58. The Morgan fingerprint density at radius 3 is 2.47 bits per heavy atom. The molecule has 8 heteroatoms. The van der Waals surface area contributed by atoms with Gasteiger partial charge in [0.05, 0.1) is 5.75 Å². The van der Waals surface area contributed by atoms with Gasteiger partial charge in [0.2, 0.25) is 19.5 Å². The minimum atomic E-state index is -3.46. The highest BCUT2D eigenvalue weighted by Crippen LogP contribution is 2.20. The van der Waals surface area contributed by atoms with E-state index in [1.54, 1.807) is 24.3 Å². The van der Waals surface area contributed by atoms with E-state index in [1.807, 2.05) is 0 Å². The largest absolute Gasteiger partial charge is 0.235 e. The van der Waals surface area contributed by atoms with Crippen molar-refractivity contribution in [2.24, 2.45) is 0 Å². The van der Waals surface area contributed by atoms with Crippen LogP contribution >= 0.6 is 39.1 Å². The highest BCUT2D eigenvalue weighted by molar-refractivity contribution is 9.10. The highest BCUT2D eigenvalue weighted by atomic mass is 79.9. The predicted octanol–water partition coefficient (Wildman–Crippen LogP) is 2.93. The number of rotatable bonds is 3. The molecule has 0 unspecified atom stereocenters. The second kappa shape index (κ2) is 5.01. The van der Waals surface area contributed by atoms with E-state index in [4.69, 9.17) is 11.6 Å². The van der Waals surface area contributed by atoms with Crippen LogP contribution in [0.3, 0.4) is 0 Å². The molecule has 0 aliphatic heterocycles. The second-order valence-corrected chi connectivity index (χ2v) is 7.38. The maximum absolute atomic E-state index is 11.9. The first-order valence-electron chi connectivity index (χ1n) is 4.44. The molecule has 4 nitrogen and oxygen atoms in total. The van der Waals surface area contributed by atoms with Crippen LogP contribution in [0.15, 0.2) is 33.1 Å². The van der Waals surface area contributed by atoms with Crippen LogP contribution in [0.25, 0.3) is 0 Å². The molecule has 90 valence electrons. The van der Waals surface area contributed by atoms with Crippen LogP contribution in [0.5, 0.6) is 0 Å². The van der Waals surface area contributed by atoms with Crippen molar-refractivity contribution >= 4 is 48.9 Å². The fourth-order valence-corrected chi connectivity index (χ4v) is 3.78. The Morgan fingerprint density at radius 2 is 1.94 bits per heavy atom. The number of hydrogen-bond donors (Lipinski definition) is 0. The van der Waals surface area contributed by atoms with E-state index >= 15 is 0 Å². The Kier molecular flexibility index (Phi) is 3.82. The van der Waals surface area contributed by atoms with Gasteiger partial charge in [0.1, 0.15) is 0 Å². The number of nitrogens with zero attached hydrogens (tertiary/aromatic N) is 2. The third-order valence-electron chi connectivity index (χ3n) is 1.92. The van der Waals surface area contributed by atoms with Gasteiger partial charge in [0, 0.05) is 4.47 Å². The number of hydrogen-bond acceptors (Lipinski definition) is 5. The maximum Gasteiger partial charge on any atom is 0.235 e. The number of sulfone groups is 1. The van der Waals surface area contributed by atoms with Gasteiger partial charge in [-0.05, 0) is 40.8 Å². The fraction of sp³-hybridized carbons (Fsp3) is 0.111. The van der Waals surface area contributed by atoms with Crippen molar-refractivity contribution in [3.8, 4) is 0 Å². The van der Waals surface area contributed by atoms with Gasteiger partial charge in [-0.1, -0.05) is 28.1 Å². The lowest BCUT2D eigenvalue weighted by Crippen LogP contribution is -2.04. The van der Waals surface area contributed by atoms with E-state index in [9.17, 15) is 8.42 Å². The zero-order valence-electron chi connectivity index (χ0n) is 8.30. The first-order valence-corrected chi connectivity index (χ1v) is 8.03. The Balaban J connectivity index is 2.26. The molecule has 0 saturated heterocycles. The van der Waals surface area contributed by atoms with Crippen molar-refractivity contribution in [3.05, 3.63) is 39.6 Å². The van der Waals surface area contributed by atoms with Crippen molar-refractivity contribution in [2.45, 2.75) is 10.1 Å². The van der Waals surface area contributed by atoms with Gasteiger partial charge < -0.3 is 0 Å². The van der Waals surface area contributed by atoms with Crippen molar-refractivity contribution in [3.63, 3.8) is 0 Å². The molecule has 0 saturated carbocycles. The topological polar surface area (TPSA) is 59.9 Å². The van der Waals surface area contributed by atoms with Gasteiger partial charge in [-0.15, -0.1) is 0 Å². The summed E-state index contributed by atoms with van der Waals surface area (Å²) in [7, 11) is -3.46.